The predicted octanol–water partition coefficient (Wildman–Crippen LogP) is 1.04. The third-order valence-corrected chi connectivity index (χ3v) is 1.66. The van der Waals surface area contributed by atoms with Crippen molar-refractivity contribution in [3.8, 4) is 6.01 Å². The quantitative estimate of drug-likeness (QED) is 0.780. The van der Waals surface area contributed by atoms with Crippen LogP contribution in [-0.2, 0) is 0 Å². The molecule has 14 heavy (non-hydrogen) atoms. The summed E-state index contributed by atoms with van der Waals surface area (Å²) in [5, 5.41) is 9.01. The monoisotopic (exact) mass is 195 g/mol. The molecule has 0 fully saturated rings. The Bertz CT molecular complexity index is 280. The molecule has 1 aromatic heterocycles. The number of rotatable bonds is 4. The van der Waals surface area contributed by atoms with E-state index in [4.69, 9.17) is 9.84 Å². The Morgan fingerprint density at radius 3 is 2.43 bits per heavy atom. The van der Waals surface area contributed by atoms with Crippen LogP contribution in [0.3, 0.4) is 0 Å². The summed E-state index contributed by atoms with van der Waals surface area (Å²) in [6.07, 6.45) is 0.229. The fourth-order valence-electron chi connectivity index (χ4n) is 1.01. The fraction of sp³-hybridized carbons (Fsp3) is 0.600. The fourth-order valence-corrected chi connectivity index (χ4v) is 1.01. The molecule has 0 aliphatic rings. The van der Waals surface area contributed by atoms with Crippen LogP contribution in [0.1, 0.15) is 24.7 Å². The molecule has 1 aromatic rings. The minimum absolute atomic E-state index is 0.354. The highest BCUT2D eigenvalue weighted by Crippen LogP contribution is 2.05. The molecule has 0 amide bonds. The van der Waals surface area contributed by atoms with E-state index in [1.807, 2.05) is 13.8 Å². The summed E-state index contributed by atoms with van der Waals surface area (Å²) in [5.41, 5.74) is 1.54. The van der Waals surface area contributed by atoms with E-state index in [-0.39, 0.29) is 6.10 Å². The van der Waals surface area contributed by atoms with Crippen LogP contribution in [0.15, 0.2) is 0 Å². The summed E-state index contributed by atoms with van der Waals surface area (Å²) in [6.45, 7) is 5.84. The molecule has 0 aliphatic carbocycles. The molecule has 1 atom stereocenters. The molecule has 1 heterocycles. The molecule has 0 aromatic carbocycles. The second-order valence-electron chi connectivity index (χ2n) is 3.29. The maximum atomic E-state index is 9.01. The van der Waals surface area contributed by atoms with Gasteiger partial charge in [0.05, 0.1) is 24.1 Å². The van der Waals surface area contributed by atoms with E-state index in [1.165, 1.54) is 0 Å². The van der Waals surface area contributed by atoms with E-state index in [0.29, 0.717) is 19.0 Å². The van der Waals surface area contributed by atoms with Gasteiger partial charge in [0, 0.05) is 12.5 Å². The lowest BCUT2D eigenvalue weighted by Gasteiger charge is -2.06. The summed E-state index contributed by atoms with van der Waals surface area (Å²) in [6, 6.07) is 3.32. The predicted molar refractivity (Wildman–Crippen MR) is 52.1 cm³/mol. The minimum Gasteiger partial charge on any atom is -0.463 e. The van der Waals surface area contributed by atoms with Crippen molar-refractivity contribution < 1.29 is 9.84 Å². The van der Waals surface area contributed by atoms with E-state index in [1.54, 1.807) is 6.92 Å². The van der Waals surface area contributed by atoms with Gasteiger partial charge in [0.25, 0.3) is 0 Å². The van der Waals surface area contributed by atoms with Crippen molar-refractivity contribution in [3.05, 3.63) is 17.5 Å². The van der Waals surface area contributed by atoms with Crippen LogP contribution in [0.5, 0.6) is 6.01 Å². The van der Waals surface area contributed by atoms with Crippen molar-refractivity contribution in [2.24, 2.45) is 0 Å². The molecule has 0 aliphatic heterocycles. The van der Waals surface area contributed by atoms with E-state index in [2.05, 4.69) is 16.0 Å². The first-order chi connectivity index (χ1) is 6.58. The molecule has 1 radical (unpaired) electrons. The van der Waals surface area contributed by atoms with Gasteiger partial charge >= 0.3 is 6.01 Å². The first-order valence-electron chi connectivity index (χ1n) is 4.63. The van der Waals surface area contributed by atoms with Crippen molar-refractivity contribution in [3.63, 3.8) is 0 Å². The lowest BCUT2D eigenvalue weighted by Crippen LogP contribution is -2.09. The summed E-state index contributed by atoms with van der Waals surface area (Å²) >= 11 is 0. The number of ether oxygens (including phenoxy) is 1. The van der Waals surface area contributed by atoms with Gasteiger partial charge in [-0.2, -0.15) is 9.97 Å². The molecular formula is C10H15N2O2. The normalized spacial score (nSPS) is 12.6. The van der Waals surface area contributed by atoms with Gasteiger partial charge in [-0.1, -0.05) is 0 Å². The number of aliphatic hydroxyl groups is 1. The Balaban J connectivity index is 2.50. The lowest BCUT2D eigenvalue weighted by atomic mass is 10.3. The topological polar surface area (TPSA) is 55.2 Å². The van der Waals surface area contributed by atoms with Crippen LogP contribution in [-0.4, -0.2) is 27.8 Å². The summed E-state index contributed by atoms with van der Waals surface area (Å²) in [5.74, 6) is 0. The van der Waals surface area contributed by atoms with Gasteiger partial charge in [-0.25, -0.2) is 0 Å². The number of aryl methyl sites for hydroxylation is 2. The maximum absolute atomic E-state index is 9.01. The van der Waals surface area contributed by atoms with Gasteiger partial charge in [-0.3, -0.25) is 0 Å². The van der Waals surface area contributed by atoms with Crippen LogP contribution >= 0.6 is 0 Å². The SMILES string of the molecule is Cc1[c]c(C)nc(OCCC(C)O)n1. The van der Waals surface area contributed by atoms with Gasteiger partial charge in [0.15, 0.2) is 0 Å². The zero-order chi connectivity index (χ0) is 10.6. The van der Waals surface area contributed by atoms with Gasteiger partial charge in [-0.15, -0.1) is 0 Å². The van der Waals surface area contributed by atoms with Crippen LogP contribution in [0.25, 0.3) is 0 Å². The van der Waals surface area contributed by atoms with Gasteiger partial charge in [-0.05, 0) is 20.8 Å². The Morgan fingerprint density at radius 1 is 1.36 bits per heavy atom. The lowest BCUT2D eigenvalue weighted by molar-refractivity contribution is 0.151. The van der Waals surface area contributed by atoms with Gasteiger partial charge in [0.1, 0.15) is 0 Å². The molecule has 4 nitrogen and oxygen atoms in total. The summed E-state index contributed by atoms with van der Waals surface area (Å²) in [7, 11) is 0. The molecule has 0 spiro atoms. The second kappa shape index (κ2) is 4.91. The highest BCUT2D eigenvalue weighted by molar-refractivity contribution is 5.09. The van der Waals surface area contributed by atoms with Gasteiger partial charge in [0.2, 0.25) is 0 Å². The summed E-state index contributed by atoms with van der Waals surface area (Å²) in [4.78, 5) is 8.12. The number of hydrogen-bond acceptors (Lipinski definition) is 4. The van der Waals surface area contributed by atoms with Gasteiger partial charge < -0.3 is 9.84 Å². The zero-order valence-electron chi connectivity index (χ0n) is 8.74. The molecular weight excluding hydrogens is 180 g/mol. The molecule has 1 N–H and O–H groups in total. The molecule has 0 bridgehead atoms. The smallest absolute Gasteiger partial charge is 0.316 e. The molecule has 1 unspecified atom stereocenters. The third-order valence-electron chi connectivity index (χ3n) is 1.66. The average Bonchev–Trinajstić information content (AvgIpc) is 2.01. The molecule has 0 saturated heterocycles. The zero-order valence-corrected chi connectivity index (χ0v) is 8.74. The van der Waals surface area contributed by atoms with Crippen molar-refractivity contribution >= 4 is 0 Å². The van der Waals surface area contributed by atoms with Crippen molar-refractivity contribution in [1.82, 2.24) is 9.97 Å². The molecule has 77 valence electrons. The van der Waals surface area contributed by atoms with Crippen LogP contribution in [0, 0.1) is 19.9 Å². The first kappa shape index (κ1) is 10.9. The van der Waals surface area contributed by atoms with Crippen LogP contribution in [0.4, 0.5) is 0 Å². The Kier molecular flexibility index (Phi) is 3.83. The number of hydrogen-bond donors (Lipinski definition) is 1. The van der Waals surface area contributed by atoms with E-state index < -0.39 is 0 Å². The molecule has 4 heteroatoms. The molecule has 0 saturated carbocycles. The van der Waals surface area contributed by atoms with Crippen LogP contribution < -0.4 is 4.74 Å². The number of aromatic nitrogens is 2. The van der Waals surface area contributed by atoms with Crippen molar-refractivity contribution in [1.29, 1.82) is 0 Å². The maximum Gasteiger partial charge on any atom is 0.316 e. The van der Waals surface area contributed by atoms with Crippen molar-refractivity contribution in [2.45, 2.75) is 33.3 Å². The van der Waals surface area contributed by atoms with E-state index >= 15 is 0 Å². The Labute approximate surface area is 84.0 Å². The first-order valence-corrected chi connectivity index (χ1v) is 4.63. The number of nitrogens with zero attached hydrogens (tertiary/aromatic N) is 2. The van der Waals surface area contributed by atoms with Crippen molar-refractivity contribution in [2.75, 3.05) is 6.61 Å². The standard InChI is InChI=1S/C10H15N2O2/c1-7-6-8(2)12-10(11-7)14-5-4-9(3)13/h9,13H,4-5H2,1-3H3. The average molecular weight is 195 g/mol. The van der Waals surface area contributed by atoms with E-state index in [9.17, 15) is 0 Å². The molecule has 1 rings (SSSR count). The Hall–Kier alpha value is -1.16. The minimum atomic E-state index is -0.354. The summed E-state index contributed by atoms with van der Waals surface area (Å²) < 4.78 is 5.28. The highest BCUT2D eigenvalue weighted by Gasteiger charge is 2.01. The van der Waals surface area contributed by atoms with Crippen LogP contribution in [0.2, 0.25) is 0 Å². The highest BCUT2D eigenvalue weighted by atomic mass is 16.5. The number of aliphatic hydroxyl groups excluding tert-OH is 1. The largest absolute Gasteiger partial charge is 0.463 e. The van der Waals surface area contributed by atoms with E-state index in [0.717, 1.165) is 11.4 Å². The third kappa shape index (κ3) is 3.70. The Morgan fingerprint density at radius 2 is 1.93 bits per heavy atom. The second-order valence-corrected chi connectivity index (χ2v) is 3.29.